The van der Waals surface area contributed by atoms with Gasteiger partial charge in [0, 0.05) is 18.5 Å². The molecular formula is C19H21NO3. The lowest BCUT2D eigenvalue weighted by molar-refractivity contribution is -0.137. The molecule has 1 amide bonds. The first-order chi connectivity index (χ1) is 11.2. The molecule has 0 aliphatic heterocycles. The third-order valence-electron chi connectivity index (χ3n) is 3.58. The number of carbonyl (C=O) groups excluding carboxylic acids is 1. The van der Waals surface area contributed by atoms with E-state index >= 15 is 0 Å². The number of amides is 1. The minimum absolute atomic E-state index is 0.0189. The highest BCUT2D eigenvalue weighted by atomic mass is 16.4. The Balaban J connectivity index is 2.04. The lowest BCUT2D eigenvalue weighted by atomic mass is 10.1. The molecule has 0 saturated heterocycles. The van der Waals surface area contributed by atoms with Crippen molar-refractivity contribution in [1.29, 1.82) is 0 Å². The number of benzene rings is 2. The lowest BCUT2D eigenvalue weighted by Gasteiger charge is -2.23. The zero-order valence-electron chi connectivity index (χ0n) is 13.0. The number of unbranched alkanes of at least 4 members (excludes halogenated alkanes) is 1. The summed E-state index contributed by atoms with van der Waals surface area (Å²) >= 11 is 0. The SMILES string of the molecule is O=C(O)CCCCC(=O)N(Cc1ccccc1)c1ccccc1. The second kappa shape index (κ2) is 8.73. The maximum atomic E-state index is 12.6. The predicted octanol–water partition coefficient (Wildman–Crippen LogP) is 3.86. The smallest absolute Gasteiger partial charge is 0.303 e. The Kier molecular flexibility index (Phi) is 6.36. The van der Waals surface area contributed by atoms with Crippen LogP contribution in [0, 0.1) is 0 Å². The van der Waals surface area contributed by atoms with Gasteiger partial charge in [-0.25, -0.2) is 0 Å². The van der Waals surface area contributed by atoms with E-state index in [1.165, 1.54) is 0 Å². The molecule has 2 aromatic rings. The fraction of sp³-hybridized carbons (Fsp3) is 0.263. The number of aliphatic carboxylic acids is 1. The summed E-state index contributed by atoms with van der Waals surface area (Å²) in [6, 6.07) is 19.4. The highest BCUT2D eigenvalue weighted by Gasteiger charge is 2.15. The van der Waals surface area contributed by atoms with Gasteiger partial charge < -0.3 is 10.0 Å². The minimum Gasteiger partial charge on any atom is -0.481 e. The molecule has 0 aromatic heterocycles. The molecule has 2 rings (SSSR count). The molecule has 0 atom stereocenters. The Hall–Kier alpha value is -2.62. The first kappa shape index (κ1) is 16.7. The normalized spacial score (nSPS) is 10.3. The van der Waals surface area contributed by atoms with Crippen LogP contribution in [-0.4, -0.2) is 17.0 Å². The Labute approximate surface area is 136 Å². The number of para-hydroxylation sites is 1. The quantitative estimate of drug-likeness (QED) is 0.753. The van der Waals surface area contributed by atoms with Crippen LogP contribution in [0.5, 0.6) is 0 Å². The molecule has 0 aliphatic carbocycles. The summed E-state index contributed by atoms with van der Waals surface area (Å²) in [5.41, 5.74) is 1.93. The van der Waals surface area contributed by atoms with Gasteiger partial charge in [0.15, 0.2) is 0 Å². The second-order valence-electron chi connectivity index (χ2n) is 5.40. The van der Waals surface area contributed by atoms with Gasteiger partial charge >= 0.3 is 5.97 Å². The van der Waals surface area contributed by atoms with Crippen LogP contribution >= 0.6 is 0 Å². The Morgan fingerprint density at radius 1 is 0.826 bits per heavy atom. The number of rotatable bonds is 8. The molecule has 4 nitrogen and oxygen atoms in total. The molecule has 0 bridgehead atoms. The molecule has 0 fully saturated rings. The van der Waals surface area contributed by atoms with E-state index < -0.39 is 5.97 Å². The zero-order chi connectivity index (χ0) is 16.5. The summed E-state index contributed by atoms with van der Waals surface area (Å²) in [5.74, 6) is -0.799. The maximum absolute atomic E-state index is 12.6. The van der Waals surface area contributed by atoms with Crippen LogP contribution in [-0.2, 0) is 16.1 Å². The molecule has 23 heavy (non-hydrogen) atoms. The highest BCUT2D eigenvalue weighted by Crippen LogP contribution is 2.19. The summed E-state index contributed by atoms with van der Waals surface area (Å²) in [7, 11) is 0. The van der Waals surface area contributed by atoms with Crippen LogP contribution in [0.25, 0.3) is 0 Å². The number of carboxylic acid groups (broad SMARTS) is 1. The molecule has 0 radical (unpaired) electrons. The highest BCUT2D eigenvalue weighted by molar-refractivity contribution is 5.93. The summed E-state index contributed by atoms with van der Waals surface area (Å²) in [6.07, 6.45) is 1.57. The van der Waals surface area contributed by atoms with Gasteiger partial charge in [-0.3, -0.25) is 9.59 Å². The van der Waals surface area contributed by atoms with Gasteiger partial charge in [0.1, 0.15) is 0 Å². The number of nitrogens with zero attached hydrogens (tertiary/aromatic N) is 1. The van der Waals surface area contributed by atoms with Crippen LogP contribution in [0.2, 0.25) is 0 Å². The summed E-state index contributed by atoms with van der Waals surface area (Å²) < 4.78 is 0. The van der Waals surface area contributed by atoms with Crippen molar-refractivity contribution < 1.29 is 14.7 Å². The van der Waals surface area contributed by atoms with Crippen molar-refractivity contribution in [3.05, 3.63) is 66.2 Å². The Morgan fingerprint density at radius 2 is 1.39 bits per heavy atom. The van der Waals surface area contributed by atoms with Crippen molar-refractivity contribution in [1.82, 2.24) is 0 Å². The zero-order valence-corrected chi connectivity index (χ0v) is 13.0. The van der Waals surface area contributed by atoms with Gasteiger partial charge in [0.05, 0.1) is 6.54 Å². The third-order valence-corrected chi connectivity index (χ3v) is 3.58. The fourth-order valence-corrected chi connectivity index (χ4v) is 2.38. The van der Waals surface area contributed by atoms with Crippen molar-refractivity contribution in [2.24, 2.45) is 0 Å². The van der Waals surface area contributed by atoms with Gasteiger partial charge in [-0.2, -0.15) is 0 Å². The maximum Gasteiger partial charge on any atom is 0.303 e. The molecule has 2 aromatic carbocycles. The third kappa shape index (κ3) is 5.58. The largest absolute Gasteiger partial charge is 0.481 e. The topological polar surface area (TPSA) is 57.6 Å². The molecule has 0 unspecified atom stereocenters. The van der Waals surface area contributed by atoms with Crippen molar-refractivity contribution in [2.45, 2.75) is 32.2 Å². The number of hydrogen-bond donors (Lipinski definition) is 1. The van der Waals surface area contributed by atoms with Crippen molar-refractivity contribution in [3.63, 3.8) is 0 Å². The number of carboxylic acids is 1. The average Bonchev–Trinajstić information content (AvgIpc) is 2.58. The molecule has 4 heteroatoms. The van der Waals surface area contributed by atoms with E-state index in [1.54, 1.807) is 4.90 Å². The van der Waals surface area contributed by atoms with Crippen molar-refractivity contribution in [2.75, 3.05) is 4.90 Å². The Bertz CT molecular complexity index is 626. The fourth-order valence-electron chi connectivity index (χ4n) is 2.38. The molecule has 0 heterocycles. The van der Waals surface area contributed by atoms with Crippen LogP contribution in [0.3, 0.4) is 0 Å². The van der Waals surface area contributed by atoms with E-state index in [0.29, 0.717) is 25.8 Å². The molecular weight excluding hydrogens is 290 g/mol. The average molecular weight is 311 g/mol. The van der Waals surface area contributed by atoms with E-state index in [2.05, 4.69) is 0 Å². The number of hydrogen-bond acceptors (Lipinski definition) is 2. The van der Waals surface area contributed by atoms with Crippen LogP contribution in [0.1, 0.15) is 31.2 Å². The van der Waals surface area contributed by atoms with E-state index in [-0.39, 0.29) is 12.3 Å². The summed E-state index contributed by atoms with van der Waals surface area (Å²) in [5, 5.41) is 8.67. The second-order valence-corrected chi connectivity index (χ2v) is 5.40. The molecule has 0 saturated carbocycles. The van der Waals surface area contributed by atoms with Crippen molar-refractivity contribution >= 4 is 17.6 Å². The molecule has 0 spiro atoms. The number of carbonyl (C=O) groups is 2. The van der Waals surface area contributed by atoms with E-state index in [4.69, 9.17) is 5.11 Å². The summed E-state index contributed by atoms with van der Waals surface area (Å²) in [6.45, 7) is 0.516. The first-order valence-electron chi connectivity index (χ1n) is 7.78. The number of anilines is 1. The van der Waals surface area contributed by atoms with E-state index in [1.807, 2.05) is 60.7 Å². The molecule has 120 valence electrons. The Morgan fingerprint density at radius 3 is 2.00 bits per heavy atom. The van der Waals surface area contributed by atoms with Gasteiger partial charge in [0.25, 0.3) is 0 Å². The molecule has 0 aliphatic rings. The van der Waals surface area contributed by atoms with Crippen LogP contribution in [0.15, 0.2) is 60.7 Å². The van der Waals surface area contributed by atoms with Crippen LogP contribution < -0.4 is 4.90 Å². The van der Waals surface area contributed by atoms with E-state index in [9.17, 15) is 9.59 Å². The van der Waals surface area contributed by atoms with Gasteiger partial charge in [-0.15, -0.1) is 0 Å². The van der Waals surface area contributed by atoms with Gasteiger partial charge in [-0.1, -0.05) is 48.5 Å². The predicted molar refractivity (Wildman–Crippen MR) is 90.2 cm³/mol. The summed E-state index contributed by atoms with van der Waals surface area (Å²) in [4.78, 5) is 24.9. The van der Waals surface area contributed by atoms with Crippen LogP contribution in [0.4, 0.5) is 5.69 Å². The van der Waals surface area contributed by atoms with Gasteiger partial charge in [0.2, 0.25) is 5.91 Å². The van der Waals surface area contributed by atoms with Crippen molar-refractivity contribution in [3.8, 4) is 0 Å². The molecule has 1 N–H and O–H groups in total. The minimum atomic E-state index is -0.818. The lowest BCUT2D eigenvalue weighted by Crippen LogP contribution is -2.30. The monoisotopic (exact) mass is 311 g/mol. The standard InChI is InChI=1S/C19H21NO3/c21-18(13-7-8-14-19(22)23)20(17-11-5-2-6-12-17)15-16-9-3-1-4-10-16/h1-6,9-12H,7-8,13-15H2,(H,22,23). The van der Waals surface area contributed by atoms with E-state index in [0.717, 1.165) is 11.3 Å². The van der Waals surface area contributed by atoms with Gasteiger partial charge in [-0.05, 0) is 30.5 Å². The first-order valence-corrected chi connectivity index (χ1v) is 7.78.